The first kappa shape index (κ1) is 16.0. The summed E-state index contributed by atoms with van der Waals surface area (Å²) in [4.78, 5) is 6.92. The fraction of sp³-hybridized carbons (Fsp3) is 0.643. The van der Waals surface area contributed by atoms with E-state index in [1.165, 1.54) is 0 Å². The molecule has 0 bridgehead atoms. The van der Waals surface area contributed by atoms with Gasteiger partial charge in [0.15, 0.2) is 0 Å². The molecule has 0 unspecified atom stereocenters. The largest absolute Gasteiger partial charge is 0.383 e. The Hall–Kier alpha value is -1.01. The lowest BCUT2D eigenvalue weighted by atomic mass is 10.2. The van der Waals surface area contributed by atoms with E-state index in [2.05, 4.69) is 27.3 Å². The molecule has 1 heterocycles. The summed E-state index contributed by atoms with van der Waals surface area (Å²) < 4.78 is 10.3. The van der Waals surface area contributed by atoms with E-state index < -0.39 is 0 Å². The van der Waals surface area contributed by atoms with E-state index in [1.54, 1.807) is 14.2 Å². The van der Waals surface area contributed by atoms with E-state index >= 15 is 0 Å². The van der Waals surface area contributed by atoms with Crippen LogP contribution in [0.4, 0.5) is 0 Å². The Morgan fingerprint density at radius 3 is 2.32 bits per heavy atom. The maximum absolute atomic E-state index is 5.14. The van der Waals surface area contributed by atoms with Gasteiger partial charge in [0.2, 0.25) is 0 Å². The minimum absolute atomic E-state index is 0.722. The lowest BCUT2D eigenvalue weighted by Crippen LogP contribution is -2.30. The number of ether oxygens (including phenoxy) is 2. The van der Waals surface area contributed by atoms with Crippen molar-refractivity contribution in [1.29, 1.82) is 0 Å². The number of rotatable bonds is 10. The molecule has 0 saturated heterocycles. The highest BCUT2D eigenvalue weighted by Gasteiger charge is 2.07. The van der Waals surface area contributed by atoms with Gasteiger partial charge in [-0.2, -0.15) is 0 Å². The third-order valence-electron chi connectivity index (χ3n) is 2.83. The van der Waals surface area contributed by atoms with Gasteiger partial charge in [0, 0.05) is 40.4 Å². The van der Waals surface area contributed by atoms with Crippen LogP contribution in [-0.4, -0.2) is 57.5 Å². The third kappa shape index (κ3) is 6.63. The summed E-state index contributed by atoms with van der Waals surface area (Å²) in [6, 6.07) is 6.15. The van der Waals surface area contributed by atoms with Crippen LogP contribution < -0.4 is 5.32 Å². The zero-order valence-corrected chi connectivity index (χ0v) is 12.2. The zero-order chi connectivity index (χ0) is 13.9. The molecule has 1 rings (SSSR count). The molecule has 19 heavy (non-hydrogen) atoms. The van der Waals surface area contributed by atoms with Crippen molar-refractivity contribution in [3.8, 4) is 0 Å². The first-order chi connectivity index (χ1) is 9.30. The Kier molecular flexibility index (Phi) is 8.33. The van der Waals surface area contributed by atoms with E-state index in [4.69, 9.17) is 9.47 Å². The van der Waals surface area contributed by atoms with Gasteiger partial charge in [-0.25, -0.2) is 0 Å². The molecular weight excluding hydrogens is 242 g/mol. The first-order valence-electron chi connectivity index (χ1n) is 6.59. The van der Waals surface area contributed by atoms with Gasteiger partial charge in [-0.1, -0.05) is 6.07 Å². The predicted molar refractivity (Wildman–Crippen MR) is 76.0 cm³/mol. The summed E-state index contributed by atoms with van der Waals surface area (Å²) in [5.74, 6) is 0. The van der Waals surface area contributed by atoms with Crippen LogP contribution in [0.3, 0.4) is 0 Å². The number of pyridine rings is 1. The van der Waals surface area contributed by atoms with Crippen molar-refractivity contribution in [1.82, 2.24) is 15.2 Å². The number of methoxy groups -OCH3 is 2. The van der Waals surface area contributed by atoms with Gasteiger partial charge in [0.1, 0.15) is 0 Å². The van der Waals surface area contributed by atoms with Crippen molar-refractivity contribution in [2.45, 2.75) is 13.1 Å². The average molecular weight is 267 g/mol. The summed E-state index contributed by atoms with van der Waals surface area (Å²) >= 11 is 0. The summed E-state index contributed by atoms with van der Waals surface area (Å²) in [6.45, 7) is 4.84. The molecule has 0 aliphatic carbocycles. The van der Waals surface area contributed by atoms with E-state index in [0.29, 0.717) is 0 Å². The van der Waals surface area contributed by atoms with Gasteiger partial charge in [-0.15, -0.1) is 0 Å². The summed E-state index contributed by atoms with van der Waals surface area (Å²) in [5, 5.41) is 3.12. The molecule has 1 aromatic rings. The Balaban J connectivity index is 2.57. The fourth-order valence-electron chi connectivity index (χ4n) is 1.84. The van der Waals surface area contributed by atoms with Gasteiger partial charge in [0.05, 0.1) is 24.6 Å². The van der Waals surface area contributed by atoms with Crippen molar-refractivity contribution in [2.75, 3.05) is 47.6 Å². The molecule has 0 aliphatic rings. The van der Waals surface area contributed by atoms with Crippen LogP contribution >= 0.6 is 0 Å². The molecule has 5 heteroatoms. The Morgan fingerprint density at radius 2 is 1.74 bits per heavy atom. The molecule has 0 aromatic carbocycles. The number of hydrogen-bond donors (Lipinski definition) is 1. The van der Waals surface area contributed by atoms with Gasteiger partial charge in [0.25, 0.3) is 0 Å². The number of aromatic nitrogens is 1. The Labute approximate surface area is 115 Å². The van der Waals surface area contributed by atoms with Crippen molar-refractivity contribution in [2.24, 2.45) is 0 Å². The SMILES string of the molecule is CNCc1cccc(CN(CCOC)CCOC)n1. The van der Waals surface area contributed by atoms with E-state index in [-0.39, 0.29) is 0 Å². The second-order valence-corrected chi connectivity index (χ2v) is 4.41. The molecule has 1 aromatic heterocycles. The maximum atomic E-state index is 5.14. The van der Waals surface area contributed by atoms with Crippen LogP contribution in [0.2, 0.25) is 0 Å². The van der Waals surface area contributed by atoms with Crippen molar-refractivity contribution in [3.63, 3.8) is 0 Å². The minimum atomic E-state index is 0.722. The maximum Gasteiger partial charge on any atom is 0.0589 e. The van der Waals surface area contributed by atoms with E-state index in [0.717, 1.165) is 50.8 Å². The Morgan fingerprint density at radius 1 is 1.11 bits per heavy atom. The number of hydrogen-bond acceptors (Lipinski definition) is 5. The number of nitrogens with zero attached hydrogens (tertiary/aromatic N) is 2. The van der Waals surface area contributed by atoms with Crippen LogP contribution in [0, 0.1) is 0 Å². The molecule has 0 atom stereocenters. The fourth-order valence-corrected chi connectivity index (χ4v) is 1.84. The van der Waals surface area contributed by atoms with Gasteiger partial charge in [-0.3, -0.25) is 9.88 Å². The summed E-state index contributed by atoms with van der Waals surface area (Å²) in [7, 11) is 5.37. The monoisotopic (exact) mass is 267 g/mol. The van der Waals surface area contributed by atoms with Crippen LogP contribution in [0.5, 0.6) is 0 Å². The van der Waals surface area contributed by atoms with Crippen LogP contribution in [0.25, 0.3) is 0 Å². The molecule has 108 valence electrons. The third-order valence-corrected chi connectivity index (χ3v) is 2.83. The standard InChI is InChI=1S/C14H25N3O2/c1-15-11-13-5-4-6-14(16-13)12-17(7-9-18-2)8-10-19-3/h4-6,15H,7-12H2,1-3H3. The first-order valence-corrected chi connectivity index (χ1v) is 6.59. The van der Waals surface area contributed by atoms with Crippen LogP contribution in [0.15, 0.2) is 18.2 Å². The van der Waals surface area contributed by atoms with E-state index in [9.17, 15) is 0 Å². The van der Waals surface area contributed by atoms with Crippen molar-refractivity contribution >= 4 is 0 Å². The minimum Gasteiger partial charge on any atom is -0.383 e. The highest BCUT2D eigenvalue weighted by molar-refractivity contribution is 5.11. The molecular formula is C14H25N3O2. The smallest absolute Gasteiger partial charge is 0.0589 e. The molecule has 0 amide bonds. The topological polar surface area (TPSA) is 46.6 Å². The molecule has 0 fully saturated rings. The number of nitrogens with one attached hydrogen (secondary N) is 1. The van der Waals surface area contributed by atoms with Crippen LogP contribution in [0.1, 0.15) is 11.4 Å². The van der Waals surface area contributed by atoms with Crippen molar-refractivity contribution in [3.05, 3.63) is 29.6 Å². The zero-order valence-electron chi connectivity index (χ0n) is 12.2. The van der Waals surface area contributed by atoms with E-state index in [1.807, 2.05) is 13.1 Å². The molecule has 0 radical (unpaired) electrons. The second-order valence-electron chi connectivity index (χ2n) is 4.41. The summed E-state index contributed by atoms with van der Waals surface area (Å²) in [5.41, 5.74) is 2.15. The Bertz CT molecular complexity index is 339. The lowest BCUT2D eigenvalue weighted by molar-refractivity contribution is 0.109. The van der Waals surface area contributed by atoms with Gasteiger partial charge < -0.3 is 14.8 Å². The second kappa shape index (κ2) is 9.86. The average Bonchev–Trinajstić information content (AvgIpc) is 2.42. The predicted octanol–water partition coefficient (Wildman–Crippen LogP) is 0.896. The molecule has 5 nitrogen and oxygen atoms in total. The van der Waals surface area contributed by atoms with Crippen molar-refractivity contribution < 1.29 is 9.47 Å². The quantitative estimate of drug-likeness (QED) is 0.682. The molecule has 0 aliphatic heterocycles. The normalized spacial score (nSPS) is 11.2. The molecule has 0 spiro atoms. The summed E-state index contributed by atoms with van der Waals surface area (Å²) in [6.07, 6.45) is 0. The van der Waals surface area contributed by atoms with Gasteiger partial charge in [-0.05, 0) is 19.2 Å². The lowest BCUT2D eigenvalue weighted by Gasteiger charge is -2.21. The van der Waals surface area contributed by atoms with Gasteiger partial charge >= 0.3 is 0 Å². The van der Waals surface area contributed by atoms with Crippen LogP contribution in [-0.2, 0) is 22.6 Å². The highest BCUT2D eigenvalue weighted by Crippen LogP contribution is 2.04. The highest BCUT2D eigenvalue weighted by atomic mass is 16.5. The molecule has 0 saturated carbocycles. The molecule has 1 N–H and O–H groups in total.